The lowest BCUT2D eigenvalue weighted by Gasteiger charge is -2.49. The van der Waals surface area contributed by atoms with Gasteiger partial charge in [0.1, 0.15) is 55.3 Å². The first kappa shape index (κ1) is 52.6. The van der Waals surface area contributed by atoms with Crippen molar-refractivity contribution in [2.45, 2.75) is 94.2 Å². The number of ether oxygens (including phenoxy) is 10. The van der Waals surface area contributed by atoms with Gasteiger partial charge in [-0.05, 0) is 58.8 Å². The lowest BCUT2D eigenvalue weighted by molar-refractivity contribution is -0.353. The number of rotatable bonds is 22. The van der Waals surface area contributed by atoms with Crippen molar-refractivity contribution >= 4 is 35.6 Å². The van der Waals surface area contributed by atoms with E-state index in [-0.39, 0.29) is 38.6 Å². The minimum absolute atomic E-state index is 0.0545. The first-order valence-corrected chi connectivity index (χ1v) is 25.2. The monoisotopic (exact) mass is 1010 g/mol. The number of carbonyl (C=O) groups excluding carboxylic acids is 4. The summed E-state index contributed by atoms with van der Waals surface area (Å²) in [5, 5.41) is 0. The van der Waals surface area contributed by atoms with E-state index in [1.807, 2.05) is 97.9 Å². The molecule has 0 bridgehead atoms. The van der Waals surface area contributed by atoms with Crippen LogP contribution >= 0.6 is 11.8 Å². The maximum atomic E-state index is 14.2. The van der Waals surface area contributed by atoms with Crippen LogP contribution in [0.15, 0.2) is 182 Å². The zero-order valence-corrected chi connectivity index (χ0v) is 41.3. The molecule has 10 atom stereocenters. The van der Waals surface area contributed by atoms with Crippen LogP contribution in [0.5, 0.6) is 0 Å². The number of esters is 4. The summed E-state index contributed by atoms with van der Waals surface area (Å²) in [6.07, 6.45) is -10.8. The van der Waals surface area contributed by atoms with Gasteiger partial charge in [0, 0.05) is 6.92 Å². The summed E-state index contributed by atoms with van der Waals surface area (Å²) in [5.74, 6) is -2.18. The fourth-order valence-corrected chi connectivity index (χ4v) is 9.42. The summed E-state index contributed by atoms with van der Waals surface area (Å²) in [7, 11) is 0. The van der Waals surface area contributed by atoms with Gasteiger partial charge in [-0.25, -0.2) is 14.4 Å². The van der Waals surface area contributed by atoms with Crippen molar-refractivity contribution in [1.82, 2.24) is 0 Å². The van der Waals surface area contributed by atoms with Crippen LogP contribution in [-0.2, 0) is 72.0 Å². The summed E-state index contributed by atoms with van der Waals surface area (Å²) >= 11 is 1.31. The molecule has 0 N–H and O–H groups in total. The Bertz CT molecular complexity index is 2630. The Morgan fingerprint density at radius 3 is 1.27 bits per heavy atom. The van der Waals surface area contributed by atoms with E-state index in [0.29, 0.717) is 16.9 Å². The molecule has 6 aromatic carbocycles. The van der Waals surface area contributed by atoms with Crippen LogP contribution in [0.2, 0.25) is 0 Å². The lowest BCUT2D eigenvalue weighted by Crippen LogP contribution is -2.66. The van der Waals surface area contributed by atoms with Crippen LogP contribution in [0.1, 0.15) is 61.6 Å². The Morgan fingerprint density at radius 2 is 0.836 bits per heavy atom. The summed E-state index contributed by atoms with van der Waals surface area (Å²) in [4.78, 5) is 54.5. The molecule has 0 amide bonds. The number of thioether (sulfide) groups is 1. The topological polar surface area (TPSA) is 161 Å². The number of hydrogen-bond donors (Lipinski definition) is 0. The van der Waals surface area contributed by atoms with Crippen LogP contribution in [0, 0.1) is 0 Å². The molecule has 6 aromatic rings. The molecule has 14 nitrogen and oxygen atoms in total. The highest BCUT2D eigenvalue weighted by Gasteiger charge is 2.56. The highest BCUT2D eigenvalue weighted by Crippen LogP contribution is 2.39. The van der Waals surface area contributed by atoms with E-state index in [0.717, 1.165) is 16.7 Å². The fraction of sp³-hybridized carbons (Fsp3) is 0.310. The summed E-state index contributed by atoms with van der Waals surface area (Å²) in [5.41, 5.74) is 2.43. The molecule has 10 unspecified atom stereocenters. The van der Waals surface area contributed by atoms with Crippen molar-refractivity contribution in [2.75, 3.05) is 19.0 Å². The fourth-order valence-electron chi connectivity index (χ4n) is 8.47. The molecule has 8 rings (SSSR count). The van der Waals surface area contributed by atoms with Crippen LogP contribution in [0.25, 0.3) is 0 Å². The molecule has 0 aliphatic carbocycles. The standard InChI is InChI=1S/C58H58O14S/c1-3-73-58-53(71-56(62)45-32-20-9-21-33-45)51(49(68-39(2)59)47(70-58)38-67-55(61)44-30-18-8-19-31-44)72-57-52(65-36-42-26-14-6-15-27-42)50(64-35-41-24-12-5-13-25-41)48(63-34-40-22-10-4-11-23-40)46(69-57)37-66-54(60)43-28-16-7-17-29-43/h4-33,46-53,57-58H,3,34-38H2,1-2H3. The van der Waals surface area contributed by atoms with Gasteiger partial charge in [-0.3, -0.25) is 4.79 Å². The van der Waals surface area contributed by atoms with E-state index < -0.39 is 84.4 Å². The van der Waals surface area contributed by atoms with E-state index in [4.69, 9.17) is 47.4 Å². The molecule has 2 aliphatic rings. The zero-order chi connectivity index (χ0) is 50.8. The Hall–Kier alpha value is -6.69. The van der Waals surface area contributed by atoms with Crippen LogP contribution in [0.3, 0.4) is 0 Å². The van der Waals surface area contributed by atoms with Gasteiger partial charge in [0.05, 0.1) is 36.5 Å². The summed E-state index contributed by atoms with van der Waals surface area (Å²) in [6, 6.07) is 54.1. The Labute approximate surface area is 429 Å². The van der Waals surface area contributed by atoms with E-state index in [1.165, 1.54) is 18.7 Å². The number of hydrogen-bond acceptors (Lipinski definition) is 15. The van der Waals surface area contributed by atoms with Gasteiger partial charge < -0.3 is 47.4 Å². The average molecular weight is 1010 g/mol. The Balaban J connectivity index is 1.22. The SMILES string of the molecule is CCSC1OC(COC(=O)c2ccccc2)C(OC(C)=O)C(OC2OC(COC(=O)c3ccccc3)C(OCc3ccccc3)C(OCc3ccccc3)C2OCc2ccccc2)C1OC(=O)c1ccccc1. The average Bonchev–Trinajstić information content (AvgIpc) is 3.43. The molecule has 2 fully saturated rings. The predicted octanol–water partition coefficient (Wildman–Crippen LogP) is 9.20. The van der Waals surface area contributed by atoms with Crippen molar-refractivity contribution < 1.29 is 66.5 Å². The molecule has 0 aromatic heterocycles. The Kier molecular flexibility index (Phi) is 19.4. The van der Waals surface area contributed by atoms with E-state index in [9.17, 15) is 19.2 Å². The van der Waals surface area contributed by atoms with Crippen molar-refractivity contribution in [1.29, 1.82) is 0 Å². The lowest BCUT2D eigenvalue weighted by atomic mass is 9.96. The third-order valence-electron chi connectivity index (χ3n) is 12.0. The quantitative estimate of drug-likeness (QED) is 0.0467. The second-order valence-electron chi connectivity index (χ2n) is 17.2. The smallest absolute Gasteiger partial charge is 0.338 e. The molecule has 2 aliphatic heterocycles. The Morgan fingerprint density at radius 1 is 0.438 bits per heavy atom. The van der Waals surface area contributed by atoms with E-state index in [1.54, 1.807) is 91.0 Å². The van der Waals surface area contributed by atoms with Crippen LogP contribution < -0.4 is 0 Å². The largest absolute Gasteiger partial charge is 0.459 e. The molecule has 2 saturated heterocycles. The predicted molar refractivity (Wildman–Crippen MR) is 270 cm³/mol. The van der Waals surface area contributed by atoms with E-state index >= 15 is 0 Å². The van der Waals surface area contributed by atoms with Crippen molar-refractivity contribution in [2.24, 2.45) is 0 Å². The van der Waals surface area contributed by atoms with Gasteiger partial charge in [0.25, 0.3) is 0 Å². The molecule has 2 heterocycles. The van der Waals surface area contributed by atoms with E-state index in [2.05, 4.69) is 0 Å². The van der Waals surface area contributed by atoms with Gasteiger partial charge >= 0.3 is 23.9 Å². The maximum Gasteiger partial charge on any atom is 0.338 e. The second kappa shape index (κ2) is 26.8. The third kappa shape index (κ3) is 14.7. The van der Waals surface area contributed by atoms with Crippen LogP contribution in [-0.4, -0.2) is 103 Å². The number of benzene rings is 6. The number of carbonyl (C=O) groups is 4. The summed E-state index contributed by atoms with van der Waals surface area (Å²) in [6.45, 7) is 2.69. The molecular formula is C58H58O14S. The first-order valence-electron chi connectivity index (χ1n) is 24.2. The minimum atomic E-state index is -1.44. The van der Waals surface area contributed by atoms with Gasteiger partial charge in [-0.2, -0.15) is 0 Å². The van der Waals surface area contributed by atoms with Crippen molar-refractivity contribution in [3.8, 4) is 0 Å². The minimum Gasteiger partial charge on any atom is -0.459 e. The molecule has 380 valence electrons. The van der Waals surface area contributed by atoms with Gasteiger partial charge in [0.2, 0.25) is 0 Å². The highest BCUT2D eigenvalue weighted by molar-refractivity contribution is 7.99. The van der Waals surface area contributed by atoms with Crippen molar-refractivity contribution in [3.63, 3.8) is 0 Å². The normalized spacial score (nSPS) is 23.6. The first-order chi connectivity index (χ1) is 35.7. The third-order valence-corrected chi connectivity index (χ3v) is 13.0. The van der Waals surface area contributed by atoms with Crippen molar-refractivity contribution in [3.05, 3.63) is 215 Å². The molecular weight excluding hydrogens is 953 g/mol. The second-order valence-corrected chi connectivity index (χ2v) is 18.5. The van der Waals surface area contributed by atoms with Crippen LogP contribution in [0.4, 0.5) is 0 Å². The highest BCUT2D eigenvalue weighted by atomic mass is 32.2. The molecule has 0 saturated carbocycles. The molecule has 0 radical (unpaired) electrons. The van der Waals surface area contributed by atoms with Gasteiger partial charge in [-0.1, -0.05) is 153 Å². The zero-order valence-electron chi connectivity index (χ0n) is 40.5. The maximum absolute atomic E-state index is 14.2. The van der Waals surface area contributed by atoms with Gasteiger partial charge in [-0.15, -0.1) is 11.8 Å². The molecule has 15 heteroatoms. The summed E-state index contributed by atoms with van der Waals surface area (Å²) < 4.78 is 65.8. The van der Waals surface area contributed by atoms with Gasteiger partial charge in [0.15, 0.2) is 18.5 Å². The molecule has 0 spiro atoms. The molecule has 73 heavy (non-hydrogen) atoms.